The smallest absolute Gasteiger partial charge is 0.200 e. The third-order valence-corrected chi connectivity index (χ3v) is 4.71. The number of aryl methyl sites for hydroxylation is 2. The van der Waals surface area contributed by atoms with Crippen molar-refractivity contribution in [3.05, 3.63) is 52.8 Å². The molecule has 0 fully saturated rings. The lowest BCUT2D eigenvalue weighted by Crippen LogP contribution is -2.07. The summed E-state index contributed by atoms with van der Waals surface area (Å²) < 4.78 is 1.95. The molecule has 25 heavy (non-hydrogen) atoms. The Morgan fingerprint density at radius 3 is 2.84 bits per heavy atom. The third kappa shape index (κ3) is 3.03. The van der Waals surface area contributed by atoms with Gasteiger partial charge in [0.2, 0.25) is 5.78 Å². The first-order valence-corrected chi connectivity index (χ1v) is 8.47. The summed E-state index contributed by atoms with van der Waals surface area (Å²) in [7, 11) is 1.95. The average molecular weight is 350 g/mol. The normalized spacial score (nSPS) is 11.1. The Morgan fingerprint density at radius 2 is 2.12 bits per heavy atom. The Hall–Kier alpha value is -3.00. The molecular weight excluding hydrogens is 336 g/mol. The summed E-state index contributed by atoms with van der Waals surface area (Å²) in [5.74, 6) is 0.361. The molecule has 0 spiro atoms. The van der Waals surface area contributed by atoms with Crippen LogP contribution in [0.15, 0.2) is 36.9 Å². The fourth-order valence-electron chi connectivity index (χ4n) is 2.57. The molecule has 0 atom stereocenters. The Morgan fingerprint density at radius 1 is 1.24 bits per heavy atom. The number of nitrogens with zero attached hydrogens (tertiary/aromatic N) is 6. The minimum atomic E-state index is -0.118. The van der Waals surface area contributed by atoms with Crippen LogP contribution in [0.2, 0.25) is 0 Å². The predicted octanol–water partition coefficient (Wildman–Crippen LogP) is 2.62. The van der Waals surface area contributed by atoms with Gasteiger partial charge in [-0.3, -0.25) is 4.79 Å². The lowest BCUT2D eigenvalue weighted by molar-refractivity contribution is 0.0990. The van der Waals surface area contributed by atoms with Gasteiger partial charge in [-0.2, -0.15) is 0 Å². The van der Waals surface area contributed by atoms with E-state index < -0.39 is 0 Å². The molecule has 4 rings (SSSR count). The van der Waals surface area contributed by atoms with Crippen LogP contribution in [0.5, 0.6) is 0 Å². The van der Waals surface area contributed by atoms with Gasteiger partial charge >= 0.3 is 0 Å². The molecular formula is C17H14N6OS. The standard InChI is InChI=1S/C17H14N6OS/c1-10-21-22-17(25-10)15(24)6-16-19-7-12-4-3-11(5-13(12)20-16)14-8-18-9-23(14)2/h3-5,7-9H,6H2,1-2H3. The van der Waals surface area contributed by atoms with E-state index in [-0.39, 0.29) is 12.2 Å². The molecule has 0 saturated carbocycles. The molecule has 4 aromatic rings. The number of rotatable bonds is 4. The summed E-state index contributed by atoms with van der Waals surface area (Å²) in [6.45, 7) is 1.82. The van der Waals surface area contributed by atoms with E-state index in [2.05, 4.69) is 25.1 Å². The molecule has 0 N–H and O–H groups in total. The summed E-state index contributed by atoms with van der Waals surface area (Å²) >= 11 is 1.28. The van der Waals surface area contributed by atoms with Gasteiger partial charge in [0.15, 0.2) is 5.01 Å². The molecule has 1 aromatic carbocycles. The maximum absolute atomic E-state index is 12.3. The van der Waals surface area contributed by atoms with Crippen molar-refractivity contribution >= 4 is 28.0 Å². The highest BCUT2D eigenvalue weighted by Crippen LogP contribution is 2.22. The SMILES string of the molecule is Cc1nnc(C(=O)Cc2ncc3ccc(-c4cncn4C)cc3n2)s1. The van der Waals surface area contributed by atoms with Crippen LogP contribution in [0.4, 0.5) is 0 Å². The van der Waals surface area contributed by atoms with E-state index in [9.17, 15) is 4.79 Å². The number of carbonyl (C=O) groups is 1. The number of hydrogen-bond donors (Lipinski definition) is 0. The summed E-state index contributed by atoms with van der Waals surface area (Å²) in [6, 6.07) is 5.96. The molecule has 3 heterocycles. The zero-order valence-electron chi connectivity index (χ0n) is 13.7. The van der Waals surface area contributed by atoms with Gasteiger partial charge in [-0.25, -0.2) is 15.0 Å². The molecule has 0 aliphatic heterocycles. The van der Waals surface area contributed by atoms with Crippen molar-refractivity contribution in [3.8, 4) is 11.3 Å². The van der Waals surface area contributed by atoms with Crippen LogP contribution in [-0.4, -0.2) is 35.5 Å². The van der Waals surface area contributed by atoms with Crippen LogP contribution in [0, 0.1) is 6.92 Å². The monoisotopic (exact) mass is 350 g/mol. The number of ketones is 1. The second-order valence-corrected chi connectivity index (χ2v) is 6.86. The van der Waals surface area contributed by atoms with E-state index >= 15 is 0 Å². The number of carbonyl (C=O) groups excluding carboxylic acids is 1. The fraction of sp³-hybridized carbons (Fsp3) is 0.176. The van der Waals surface area contributed by atoms with Crippen LogP contribution < -0.4 is 0 Å². The van der Waals surface area contributed by atoms with Crippen molar-refractivity contribution in [2.45, 2.75) is 13.3 Å². The molecule has 8 heteroatoms. The number of benzene rings is 1. The molecule has 0 amide bonds. The first kappa shape index (κ1) is 15.5. The zero-order chi connectivity index (χ0) is 17.4. The van der Waals surface area contributed by atoms with E-state index in [1.54, 1.807) is 12.5 Å². The van der Waals surface area contributed by atoms with Crippen LogP contribution in [-0.2, 0) is 13.5 Å². The van der Waals surface area contributed by atoms with Crippen molar-refractivity contribution in [2.75, 3.05) is 0 Å². The second kappa shape index (κ2) is 6.14. The van der Waals surface area contributed by atoms with E-state index in [1.807, 2.05) is 42.9 Å². The molecule has 124 valence electrons. The molecule has 0 bridgehead atoms. The van der Waals surface area contributed by atoms with E-state index in [4.69, 9.17) is 0 Å². The Balaban J connectivity index is 1.67. The van der Waals surface area contributed by atoms with Crippen LogP contribution >= 0.6 is 11.3 Å². The first-order valence-electron chi connectivity index (χ1n) is 7.66. The van der Waals surface area contributed by atoms with Crippen LogP contribution in [0.25, 0.3) is 22.2 Å². The van der Waals surface area contributed by atoms with Gasteiger partial charge in [0.1, 0.15) is 10.8 Å². The van der Waals surface area contributed by atoms with Gasteiger partial charge in [0, 0.05) is 24.2 Å². The van der Waals surface area contributed by atoms with Gasteiger partial charge in [0.05, 0.1) is 30.2 Å². The van der Waals surface area contributed by atoms with Gasteiger partial charge in [-0.15, -0.1) is 10.2 Å². The molecule has 0 aliphatic carbocycles. The maximum atomic E-state index is 12.3. The molecule has 7 nitrogen and oxygen atoms in total. The zero-order valence-corrected chi connectivity index (χ0v) is 14.5. The largest absolute Gasteiger partial charge is 0.334 e. The Bertz CT molecular complexity index is 1080. The highest BCUT2D eigenvalue weighted by Gasteiger charge is 2.14. The van der Waals surface area contributed by atoms with Gasteiger partial charge in [-0.05, 0) is 13.0 Å². The molecule has 0 aliphatic rings. The second-order valence-electron chi connectivity index (χ2n) is 5.68. The van der Waals surface area contributed by atoms with Gasteiger partial charge in [0.25, 0.3) is 0 Å². The fourth-order valence-corrected chi connectivity index (χ4v) is 3.20. The maximum Gasteiger partial charge on any atom is 0.200 e. The molecule has 3 aromatic heterocycles. The quantitative estimate of drug-likeness (QED) is 0.526. The third-order valence-electron chi connectivity index (χ3n) is 3.83. The lowest BCUT2D eigenvalue weighted by Gasteiger charge is -2.05. The summed E-state index contributed by atoms with van der Waals surface area (Å²) in [5, 5.41) is 9.85. The minimum absolute atomic E-state index is 0.112. The van der Waals surface area contributed by atoms with E-state index in [1.165, 1.54) is 11.3 Å². The van der Waals surface area contributed by atoms with Crippen LogP contribution in [0.3, 0.4) is 0 Å². The Labute approximate surface area is 147 Å². The highest BCUT2D eigenvalue weighted by atomic mass is 32.1. The summed E-state index contributed by atoms with van der Waals surface area (Å²) in [4.78, 5) is 25.3. The predicted molar refractivity (Wildman–Crippen MR) is 94.4 cm³/mol. The van der Waals surface area contributed by atoms with E-state index in [0.29, 0.717) is 10.8 Å². The molecule has 0 radical (unpaired) electrons. The number of hydrogen-bond acceptors (Lipinski definition) is 7. The number of aromatic nitrogens is 6. The summed E-state index contributed by atoms with van der Waals surface area (Å²) in [6.07, 6.45) is 5.42. The number of fused-ring (bicyclic) bond motifs is 1. The first-order chi connectivity index (χ1) is 12.1. The molecule has 0 unspecified atom stereocenters. The van der Waals surface area contributed by atoms with Crippen molar-refractivity contribution < 1.29 is 4.79 Å². The number of Topliss-reactive ketones (excluding diaryl/α,β-unsaturated/α-hetero) is 1. The lowest BCUT2D eigenvalue weighted by atomic mass is 10.1. The van der Waals surface area contributed by atoms with Crippen molar-refractivity contribution in [2.24, 2.45) is 7.05 Å². The summed E-state index contributed by atoms with van der Waals surface area (Å²) in [5.41, 5.74) is 2.82. The average Bonchev–Trinajstić information content (AvgIpc) is 3.22. The highest BCUT2D eigenvalue weighted by molar-refractivity contribution is 7.13. The van der Waals surface area contributed by atoms with E-state index in [0.717, 1.165) is 27.2 Å². The van der Waals surface area contributed by atoms with Gasteiger partial charge in [-0.1, -0.05) is 23.5 Å². The topological polar surface area (TPSA) is 86.5 Å². The minimum Gasteiger partial charge on any atom is -0.334 e. The van der Waals surface area contributed by atoms with Crippen molar-refractivity contribution in [1.82, 2.24) is 29.7 Å². The Kier molecular flexibility index (Phi) is 3.81. The number of imidazole rings is 1. The molecule has 0 saturated heterocycles. The van der Waals surface area contributed by atoms with Crippen LogP contribution in [0.1, 0.15) is 20.6 Å². The van der Waals surface area contributed by atoms with Gasteiger partial charge < -0.3 is 4.57 Å². The van der Waals surface area contributed by atoms with Crippen molar-refractivity contribution in [1.29, 1.82) is 0 Å². The van der Waals surface area contributed by atoms with Crippen molar-refractivity contribution in [3.63, 3.8) is 0 Å².